The number of rotatable bonds is 7. The van der Waals surface area contributed by atoms with Crippen molar-refractivity contribution in [3.63, 3.8) is 0 Å². The van der Waals surface area contributed by atoms with Crippen LogP contribution >= 0.6 is 0 Å². The van der Waals surface area contributed by atoms with Gasteiger partial charge in [-0.25, -0.2) is 13.7 Å². The standard InChI is InChI=1S/C17H17N3O7S/c21-16-15(17(22)20(23)27-12-13-7-3-1-4-8-13)14(19(16)28(24,25)26)11-18-9-5-2-6-10-18/h1-10,14-15,23H,11-12H2/p+1/t14-,15+/m0/s1. The lowest BCUT2D eigenvalue weighted by Crippen LogP contribution is -2.70. The molecule has 0 spiro atoms. The Morgan fingerprint density at radius 2 is 1.75 bits per heavy atom. The maximum atomic E-state index is 12.4. The van der Waals surface area contributed by atoms with Crippen molar-refractivity contribution in [2.45, 2.75) is 19.2 Å². The van der Waals surface area contributed by atoms with Gasteiger partial charge in [0.15, 0.2) is 24.9 Å². The molecular weight excluding hydrogens is 390 g/mol. The Balaban J connectivity index is 1.74. The summed E-state index contributed by atoms with van der Waals surface area (Å²) in [6, 6.07) is 12.6. The minimum absolute atomic E-state index is 0.0699. The van der Waals surface area contributed by atoms with E-state index in [4.69, 9.17) is 4.84 Å². The third-order valence-corrected chi connectivity index (χ3v) is 5.19. The summed E-state index contributed by atoms with van der Waals surface area (Å²) in [6.45, 7) is -0.223. The molecule has 2 heterocycles. The molecule has 2 aromatic rings. The molecule has 3 rings (SSSR count). The van der Waals surface area contributed by atoms with Gasteiger partial charge in [0.25, 0.3) is 11.8 Å². The van der Waals surface area contributed by atoms with E-state index in [1.54, 1.807) is 65.5 Å². The molecule has 1 aliphatic heterocycles. The van der Waals surface area contributed by atoms with Crippen molar-refractivity contribution in [2.75, 3.05) is 0 Å². The van der Waals surface area contributed by atoms with Crippen molar-refractivity contribution < 1.29 is 37.2 Å². The number of benzene rings is 1. The number of carbonyl (C=O) groups excluding carboxylic acids is 2. The molecule has 0 radical (unpaired) electrons. The summed E-state index contributed by atoms with van der Waals surface area (Å²) in [5.74, 6) is -3.78. The quantitative estimate of drug-likeness (QED) is 0.164. The van der Waals surface area contributed by atoms with E-state index >= 15 is 0 Å². The van der Waals surface area contributed by atoms with E-state index in [1.165, 1.54) is 0 Å². The van der Waals surface area contributed by atoms with Crippen LogP contribution in [0.1, 0.15) is 5.56 Å². The topological polar surface area (TPSA) is 128 Å². The van der Waals surface area contributed by atoms with Gasteiger partial charge in [0, 0.05) is 12.1 Å². The second-order valence-corrected chi connectivity index (χ2v) is 7.39. The molecule has 28 heavy (non-hydrogen) atoms. The fraction of sp³-hybridized carbons (Fsp3) is 0.235. The van der Waals surface area contributed by atoms with Gasteiger partial charge in [-0.1, -0.05) is 41.6 Å². The Labute approximate surface area is 161 Å². The van der Waals surface area contributed by atoms with Crippen molar-refractivity contribution in [2.24, 2.45) is 5.92 Å². The first-order chi connectivity index (χ1) is 13.3. The van der Waals surface area contributed by atoms with Gasteiger partial charge in [-0.05, 0) is 5.56 Å². The van der Waals surface area contributed by atoms with Crippen LogP contribution in [-0.4, -0.2) is 45.6 Å². The van der Waals surface area contributed by atoms with E-state index in [0.29, 0.717) is 5.56 Å². The first kappa shape index (κ1) is 19.9. The van der Waals surface area contributed by atoms with E-state index in [2.05, 4.69) is 0 Å². The molecule has 11 heteroatoms. The van der Waals surface area contributed by atoms with Crippen LogP contribution in [0.5, 0.6) is 0 Å². The van der Waals surface area contributed by atoms with E-state index < -0.39 is 34.1 Å². The second kappa shape index (κ2) is 8.02. The molecule has 2 atom stereocenters. The Hall–Kier alpha value is -2.86. The SMILES string of the molecule is O=C([C@H]1C(=O)N(S(=O)(=O)O)[C@H]1C[n+]1ccccc1)N(O)OCc1ccccc1. The largest absolute Gasteiger partial charge is 0.362 e. The van der Waals surface area contributed by atoms with Gasteiger partial charge in [0.1, 0.15) is 12.6 Å². The highest BCUT2D eigenvalue weighted by Gasteiger charge is 2.59. The molecule has 2 N–H and O–H groups in total. The number of hydrogen-bond donors (Lipinski definition) is 2. The monoisotopic (exact) mass is 408 g/mol. The fourth-order valence-electron chi connectivity index (χ4n) is 2.92. The van der Waals surface area contributed by atoms with Gasteiger partial charge in [-0.2, -0.15) is 8.42 Å². The van der Waals surface area contributed by atoms with Crippen LogP contribution in [0, 0.1) is 5.92 Å². The first-order valence-corrected chi connectivity index (χ1v) is 9.63. The van der Waals surface area contributed by atoms with Gasteiger partial charge in [0.2, 0.25) is 0 Å². The molecule has 1 aromatic carbocycles. The summed E-state index contributed by atoms with van der Waals surface area (Å²) in [7, 11) is -4.85. The first-order valence-electron chi connectivity index (χ1n) is 8.23. The van der Waals surface area contributed by atoms with Crippen molar-refractivity contribution in [3.8, 4) is 0 Å². The molecule has 2 amide bonds. The lowest BCUT2D eigenvalue weighted by atomic mass is 9.89. The van der Waals surface area contributed by atoms with Crippen LogP contribution in [0.3, 0.4) is 0 Å². The van der Waals surface area contributed by atoms with E-state index in [1.807, 2.05) is 0 Å². The third-order valence-electron chi connectivity index (χ3n) is 4.24. The minimum Gasteiger partial charge on any atom is -0.273 e. The van der Waals surface area contributed by atoms with Crippen LogP contribution in [-0.2, 0) is 37.9 Å². The van der Waals surface area contributed by atoms with Crippen molar-refractivity contribution in [1.82, 2.24) is 9.53 Å². The lowest BCUT2D eigenvalue weighted by molar-refractivity contribution is -0.702. The predicted molar refractivity (Wildman–Crippen MR) is 92.2 cm³/mol. The van der Waals surface area contributed by atoms with Crippen LogP contribution in [0.25, 0.3) is 0 Å². The summed E-state index contributed by atoms with van der Waals surface area (Å²) >= 11 is 0. The van der Waals surface area contributed by atoms with Gasteiger partial charge in [-0.3, -0.25) is 19.3 Å². The second-order valence-electron chi connectivity index (χ2n) is 6.10. The zero-order valence-electron chi connectivity index (χ0n) is 14.5. The highest BCUT2D eigenvalue weighted by Crippen LogP contribution is 2.31. The van der Waals surface area contributed by atoms with Crippen molar-refractivity contribution in [1.29, 1.82) is 0 Å². The maximum Gasteiger partial charge on any atom is 0.362 e. The van der Waals surface area contributed by atoms with Crippen LogP contribution in [0.15, 0.2) is 60.9 Å². The highest BCUT2D eigenvalue weighted by atomic mass is 32.2. The van der Waals surface area contributed by atoms with Crippen molar-refractivity contribution >= 4 is 22.1 Å². The van der Waals surface area contributed by atoms with Crippen LogP contribution < -0.4 is 4.57 Å². The Bertz CT molecular complexity index is 953. The van der Waals surface area contributed by atoms with E-state index in [0.717, 1.165) is 0 Å². The van der Waals surface area contributed by atoms with Crippen molar-refractivity contribution in [3.05, 3.63) is 66.5 Å². The van der Waals surface area contributed by atoms with Gasteiger partial charge in [-0.15, -0.1) is 0 Å². The van der Waals surface area contributed by atoms with Crippen LogP contribution in [0.2, 0.25) is 0 Å². The highest BCUT2D eigenvalue weighted by molar-refractivity contribution is 7.84. The third kappa shape index (κ3) is 4.17. The average molecular weight is 408 g/mol. The molecule has 0 bridgehead atoms. The Kier molecular flexibility index (Phi) is 5.70. The molecule has 1 saturated heterocycles. The molecule has 148 valence electrons. The van der Waals surface area contributed by atoms with Gasteiger partial charge >= 0.3 is 10.3 Å². The zero-order valence-corrected chi connectivity index (χ0v) is 15.3. The molecule has 0 saturated carbocycles. The summed E-state index contributed by atoms with van der Waals surface area (Å²) in [5, 5.41) is 9.81. The number of carbonyl (C=O) groups is 2. The molecule has 1 aromatic heterocycles. The molecule has 10 nitrogen and oxygen atoms in total. The van der Waals surface area contributed by atoms with Gasteiger partial charge in [0.05, 0.1) is 0 Å². The Morgan fingerprint density at radius 3 is 2.36 bits per heavy atom. The number of nitrogens with zero attached hydrogens (tertiary/aromatic N) is 3. The molecule has 0 unspecified atom stereocenters. The molecular formula is C17H18N3O7S+. The minimum atomic E-state index is -4.85. The summed E-state index contributed by atoms with van der Waals surface area (Å²) < 4.78 is 34.1. The molecule has 1 aliphatic rings. The average Bonchev–Trinajstić information content (AvgIpc) is 2.66. The summed E-state index contributed by atoms with van der Waals surface area (Å²) in [4.78, 5) is 29.6. The summed E-state index contributed by atoms with van der Waals surface area (Å²) in [5.41, 5.74) is 0.672. The summed E-state index contributed by atoms with van der Waals surface area (Å²) in [6.07, 6.45) is 3.21. The number of amides is 2. The van der Waals surface area contributed by atoms with E-state index in [-0.39, 0.29) is 22.7 Å². The number of hydrogen-bond acceptors (Lipinski definition) is 6. The molecule has 1 fully saturated rings. The normalized spacial score (nSPS) is 19.2. The maximum absolute atomic E-state index is 12.4. The van der Waals surface area contributed by atoms with E-state index in [9.17, 15) is 27.8 Å². The lowest BCUT2D eigenvalue weighted by Gasteiger charge is -2.41. The molecule has 0 aliphatic carbocycles. The fourth-order valence-corrected chi connectivity index (χ4v) is 3.79. The van der Waals surface area contributed by atoms with Gasteiger partial charge < -0.3 is 0 Å². The Morgan fingerprint density at radius 1 is 1.14 bits per heavy atom. The van der Waals surface area contributed by atoms with Crippen LogP contribution in [0.4, 0.5) is 0 Å². The predicted octanol–water partition coefficient (Wildman–Crippen LogP) is -0.0465. The zero-order chi connectivity index (χ0) is 20.3. The number of pyridine rings is 1. The number of aromatic nitrogens is 1. The smallest absolute Gasteiger partial charge is 0.273 e. The number of β-lactam (4-membered cyclic amide) rings is 1. The number of hydroxylamine groups is 2.